The predicted molar refractivity (Wildman–Crippen MR) is 88.0 cm³/mol. The van der Waals surface area contributed by atoms with Crippen LogP contribution in [0.5, 0.6) is 0 Å². The van der Waals surface area contributed by atoms with Crippen molar-refractivity contribution in [3.63, 3.8) is 0 Å². The molecule has 1 amide bonds. The van der Waals surface area contributed by atoms with Crippen LogP contribution in [0.15, 0.2) is 15.9 Å². The Morgan fingerprint density at radius 2 is 2.35 bits per heavy atom. The summed E-state index contributed by atoms with van der Waals surface area (Å²) in [6, 6.07) is 4.52. The number of aryl methyl sites for hydroxylation is 1. The van der Waals surface area contributed by atoms with Crippen molar-refractivity contribution in [3.05, 3.63) is 20.8 Å². The number of thiophene rings is 1. The maximum Gasteiger partial charge on any atom is 0.222 e. The summed E-state index contributed by atoms with van der Waals surface area (Å²) in [5.41, 5.74) is 6.02. The minimum absolute atomic E-state index is 0.0764. The van der Waals surface area contributed by atoms with E-state index in [4.69, 9.17) is 5.73 Å². The number of halogens is 1. The molecule has 1 fully saturated rings. The van der Waals surface area contributed by atoms with Crippen molar-refractivity contribution >= 4 is 33.2 Å². The van der Waals surface area contributed by atoms with Gasteiger partial charge in [-0.15, -0.1) is 11.3 Å². The maximum atomic E-state index is 12.4. The summed E-state index contributed by atoms with van der Waals surface area (Å²) in [7, 11) is 0. The lowest BCUT2D eigenvalue weighted by Crippen LogP contribution is -2.51. The standard InChI is InChI=1S/C15H23BrN2OS/c1-11(17)13-6-2-3-10-18(13)15(19)7-4-5-12-8-9-14(16)20-12/h8-9,11,13H,2-7,10,17H2,1H3. The number of rotatable bonds is 5. The molecule has 1 aromatic heterocycles. The minimum Gasteiger partial charge on any atom is -0.338 e. The Balaban J connectivity index is 1.81. The lowest BCUT2D eigenvalue weighted by Gasteiger charge is -2.38. The van der Waals surface area contributed by atoms with E-state index in [1.165, 1.54) is 11.3 Å². The van der Waals surface area contributed by atoms with Gasteiger partial charge in [-0.2, -0.15) is 0 Å². The number of likely N-dealkylation sites (tertiary alicyclic amines) is 1. The molecule has 20 heavy (non-hydrogen) atoms. The van der Waals surface area contributed by atoms with Crippen LogP contribution in [0, 0.1) is 0 Å². The fourth-order valence-corrected chi connectivity index (χ4v) is 4.38. The highest BCUT2D eigenvalue weighted by Gasteiger charge is 2.28. The summed E-state index contributed by atoms with van der Waals surface area (Å²) < 4.78 is 1.16. The number of piperidine rings is 1. The molecule has 3 nitrogen and oxygen atoms in total. The van der Waals surface area contributed by atoms with E-state index >= 15 is 0 Å². The summed E-state index contributed by atoms with van der Waals surface area (Å²) in [6.45, 7) is 2.90. The molecule has 0 spiro atoms. The van der Waals surface area contributed by atoms with Gasteiger partial charge >= 0.3 is 0 Å². The van der Waals surface area contributed by atoms with Gasteiger partial charge < -0.3 is 10.6 Å². The van der Waals surface area contributed by atoms with Gasteiger partial charge in [0.15, 0.2) is 0 Å². The largest absolute Gasteiger partial charge is 0.338 e. The zero-order valence-corrected chi connectivity index (χ0v) is 14.4. The molecule has 2 N–H and O–H groups in total. The second-order valence-electron chi connectivity index (χ2n) is 5.57. The first kappa shape index (κ1) is 16.0. The second-order valence-corrected chi connectivity index (χ2v) is 8.12. The van der Waals surface area contributed by atoms with Crippen molar-refractivity contribution in [1.29, 1.82) is 0 Å². The normalized spacial score (nSPS) is 20.9. The summed E-state index contributed by atoms with van der Waals surface area (Å²) in [4.78, 5) is 15.7. The summed E-state index contributed by atoms with van der Waals surface area (Å²) in [5.74, 6) is 0.280. The zero-order valence-electron chi connectivity index (χ0n) is 12.0. The van der Waals surface area contributed by atoms with Crippen molar-refractivity contribution in [2.24, 2.45) is 5.73 Å². The molecule has 0 aromatic carbocycles. The molecule has 5 heteroatoms. The van der Waals surface area contributed by atoms with E-state index in [1.807, 2.05) is 11.8 Å². The Bertz CT molecular complexity index is 447. The number of amides is 1. The Hall–Kier alpha value is -0.390. The number of nitrogens with zero attached hydrogens (tertiary/aromatic N) is 1. The highest BCUT2D eigenvalue weighted by molar-refractivity contribution is 9.11. The summed E-state index contributed by atoms with van der Waals surface area (Å²) >= 11 is 5.22. The minimum atomic E-state index is 0.0764. The molecule has 0 aliphatic carbocycles. The zero-order chi connectivity index (χ0) is 14.5. The van der Waals surface area contributed by atoms with Gasteiger partial charge in [0.1, 0.15) is 0 Å². The molecular formula is C15H23BrN2OS. The summed E-state index contributed by atoms with van der Waals surface area (Å²) in [6.07, 6.45) is 5.92. The van der Waals surface area contributed by atoms with Crippen LogP contribution in [0.4, 0.5) is 0 Å². The quantitative estimate of drug-likeness (QED) is 0.874. The molecule has 2 unspecified atom stereocenters. The van der Waals surface area contributed by atoms with Gasteiger partial charge in [0.25, 0.3) is 0 Å². The molecule has 112 valence electrons. The number of carbonyl (C=O) groups excluding carboxylic acids is 1. The highest BCUT2D eigenvalue weighted by atomic mass is 79.9. The fourth-order valence-electron chi connectivity index (χ4n) is 2.86. The van der Waals surface area contributed by atoms with E-state index in [1.54, 1.807) is 11.3 Å². The lowest BCUT2D eigenvalue weighted by atomic mass is 9.96. The molecule has 0 bridgehead atoms. The van der Waals surface area contributed by atoms with Crippen LogP contribution in [-0.2, 0) is 11.2 Å². The van der Waals surface area contributed by atoms with Crippen molar-refractivity contribution in [1.82, 2.24) is 4.90 Å². The molecule has 1 saturated heterocycles. The Morgan fingerprint density at radius 1 is 1.55 bits per heavy atom. The van der Waals surface area contributed by atoms with Crippen molar-refractivity contribution in [2.45, 2.75) is 57.5 Å². The third kappa shape index (κ3) is 4.30. The monoisotopic (exact) mass is 358 g/mol. The number of nitrogens with two attached hydrogens (primary N) is 1. The number of carbonyl (C=O) groups is 1. The number of hydrogen-bond acceptors (Lipinski definition) is 3. The SMILES string of the molecule is CC(N)C1CCCCN1C(=O)CCCc1ccc(Br)s1. The Morgan fingerprint density at radius 3 is 3.00 bits per heavy atom. The maximum absolute atomic E-state index is 12.4. The van der Waals surface area contributed by atoms with E-state index in [2.05, 4.69) is 28.1 Å². The average molecular weight is 359 g/mol. The van der Waals surface area contributed by atoms with Crippen LogP contribution in [0.3, 0.4) is 0 Å². The van der Waals surface area contributed by atoms with Gasteiger partial charge in [-0.1, -0.05) is 0 Å². The molecule has 1 aliphatic heterocycles. The van der Waals surface area contributed by atoms with Crippen LogP contribution in [0.2, 0.25) is 0 Å². The number of hydrogen-bond donors (Lipinski definition) is 1. The molecule has 0 radical (unpaired) electrons. The molecule has 1 aliphatic rings. The molecule has 2 rings (SSSR count). The molecule has 2 heterocycles. The van der Waals surface area contributed by atoms with Gasteiger partial charge in [0, 0.05) is 29.9 Å². The molecule has 2 atom stereocenters. The van der Waals surface area contributed by atoms with Crippen molar-refractivity contribution in [2.75, 3.05) is 6.54 Å². The first-order valence-corrected chi connectivity index (χ1v) is 8.98. The van der Waals surface area contributed by atoms with Gasteiger partial charge in [0.05, 0.1) is 3.79 Å². The first-order valence-electron chi connectivity index (χ1n) is 7.37. The van der Waals surface area contributed by atoms with Gasteiger partial charge in [-0.3, -0.25) is 4.79 Å². The van der Waals surface area contributed by atoms with Gasteiger partial charge in [0.2, 0.25) is 5.91 Å². The third-order valence-electron chi connectivity index (χ3n) is 3.92. The van der Waals surface area contributed by atoms with Crippen LogP contribution in [0.25, 0.3) is 0 Å². The van der Waals surface area contributed by atoms with E-state index in [0.29, 0.717) is 6.42 Å². The van der Waals surface area contributed by atoms with Crippen molar-refractivity contribution in [3.8, 4) is 0 Å². The van der Waals surface area contributed by atoms with Gasteiger partial charge in [-0.25, -0.2) is 0 Å². The van der Waals surface area contributed by atoms with Crippen LogP contribution >= 0.6 is 27.3 Å². The fraction of sp³-hybridized carbons (Fsp3) is 0.667. The van der Waals surface area contributed by atoms with E-state index < -0.39 is 0 Å². The Labute approximate surface area is 133 Å². The third-order valence-corrected chi connectivity index (χ3v) is 5.60. The van der Waals surface area contributed by atoms with Crippen LogP contribution < -0.4 is 5.73 Å². The molecular weight excluding hydrogens is 336 g/mol. The van der Waals surface area contributed by atoms with Crippen LogP contribution in [-0.4, -0.2) is 29.4 Å². The molecule has 0 saturated carbocycles. The predicted octanol–water partition coefficient (Wildman–Crippen LogP) is 3.56. The molecule has 1 aromatic rings. The highest BCUT2D eigenvalue weighted by Crippen LogP contribution is 2.24. The van der Waals surface area contributed by atoms with E-state index in [-0.39, 0.29) is 18.0 Å². The topological polar surface area (TPSA) is 46.3 Å². The van der Waals surface area contributed by atoms with E-state index in [0.717, 1.165) is 36.0 Å². The average Bonchev–Trinajstić information content (AvgIpc) is 2.84. The van der Waals surface area contributed by atoms with Crippen LogP contribution in [0.1, 0.15) is 43.9 Å². The second kappa shape index (κ2) is 7.57. The lowest BCUT2D eigenvalue weighted by molar-refractivity contribution is -0.135. The van der Waals surface area contributed by atoms with Crippen molar-refractivity contribution < 1.29 is 4.79 Å². The Kier molecular flexibility index (Phi) is 6.05. The van der Waals surface area contributed by atoms with Gasteiger partial charge in [-0.05, 0) is 67.1 Å². The first-order chi connectivity index (χ1) is 9.58. The smallest absolute Gasteiger partial charge is 0.222 e. The van der Waals surface area contributed by atoms with E-state index in [9.17, 15) is 4.79 Å². The summed E-state index contributed by atoms with van der Waals surface area (Å²) in [5, 5.41) is 0.